The van der Waals surface area contributed by atoms with Crippen LogP contribution in [-0.2, 0) is 28.6 Å². The molecule has 0 saturated heterocycles. The maximum absolute atomic E-state index is 12.9. The van der Waals surface area contributed by atoms with Crippen molar-refractivity contribution in [1.29, 1.82) is 0 Å². The van der Waals surface area contributed by atoms with Crippen LogP contribution in [0.3, 0.4) is 0 Å². The zero-order chi connectivity index (χ0) is 59.9. The lowest BCUT2D eigenvalue weighted by Gasteiger charge is -2.18. The van der Waals surface area contributed by atoms with Crippen molar-refractivity contribution in [1.82, 2.24) is 0 Å². The molecule has 482 valence electrons. The van der Waals surface area contributed by atoms with Crippen LogP contribution >= 0.6 is 0 Å². The minimum Gasteiger partial charge on any atom is -0.462 e. The molecule has 6 nitrogen and oxygen atoms in total. The highest BCUT2D eigenvalue weighted by molar-refractivity contribution is 5.71. The van der Waals surface area contributed by atoms with Gasteiger partial charge in [-0.1, -0.05) is 325 Å². The quantitative estimate of drug-likeness (QED) is 0.0261. The molecule has 0 N–H and O–H groups in total. The average Bonchev–Trinajstić information content (AvgIpc) is 3.49. The summed E-state index contributed by atoms with van der Waals surface area (Å²) in [5.41, 5.74) is 0. The van der Waals surface area contributed by atoms with Crippen LogP contribution < -0.4 is 0 Å². The lowest BCUT2D eigenvalue weighted by molar-refractivity contribution is -0.167. The van der Waals surface area contributed by atoms with Crippen LogP contribution in [-0.4, -0.2) is 37.2 Å². The summed E-state index contributed by atoms with van der Waals surface area (Å²) in [6, 6.07) is 0. The van der Waals surface area contributed by atoms with Crippen LogP contribution in [0.1, 0.15) is 380 Å². The van der Waals surface area contributed by atoms with Gasteiger partial charge < -0.3 is 14.2 Å². The van der Waals surface area contributed by atoms with Gasteiger partial charge in [-0.3, -0.25) is 14.4 Å². The molecule has 0 aromatic heterocycles. The molecular weight excluding hydrogens is 1020 g/mol. The molecule has 0 aliphatic rings. The van der Waals surface area contributed by atoms with Gasteiger partial charge in [0.1, 0.15) is 13.2 Å². The Morgan fingerprint density at radius 2 is 0.458 bits per heavy atom. The van der Waals surface area contributed by atoms with Gasteiger partial charge in [-0.2, -0.15) is 0 Å². The van der Waals surface area contributed by atoms with Gasteiger partial charge in [-0.05, 0) is 109 Å². The Kier molecular flexibility index (Phi) is 68.6. The van der Waals surface area contributed by atoms with E-state index in [0.717, 1.165) is 96.3 Å². The first-order valence-corrected chi connectivity index (χ1v) is 36.4. The van der Waals surface area contributed by atoms with Crippen molar-refractivity contribution >= 4 is 17.9 Å². The van der Waals surface area contributed by atoms with Crippen molar-refractivity contribution in [3.05, 3.63) is 72.9 Å². The van der Waals surface area contributed by atoms with Crippen LogP contribution in [0.5, 0.6) is 0 Å². The molecule has 1 atom stereocenters. The van der Waals surface area contributed by atoms with Crippen molar-refractivity contribution < 1.29 is 28.6 Å². The number of ether oxygens (including phenoxy) is 3. The fourth-order valence-corrected chi connectivity index (χ4v) is 10.7. The van der Waals surface area contributed by atoms with E-state index in [4.69, 9.17) is 14.2 Å². The number of allylic oxidation sites excluding steroid dienone is 12. The lowest BCUT2D eigenvalue weighted by atomic mass is 10.0. The van der Waals surface area contributed by atoms with Gasteiger partial charge in [0.05, 0.1) is 0 Å². The highest BCUT2D eigenvalue weighted by Crippen LogP contribution is 2.18. The Labute approximate surface area is 516 Å². The predicted octanol–water partition coefficient (Wildman–Crippen LogP) is 25.2. The van der Waals surface area contributed by atoms with Gasteiger partial charge in [0.25, 0.3) is 0 Å². The zero-order valence-electron chi connectivity index (χ0n) is 55.5. The van der Waals surface area contributed by atoms with E-state index in [0.29, 0.717) is 19.3 Å². The Morgan fingerprint density at radius 1 is 0.241 bits per heavy atom. The Hall–Kier alpha value is -3.15. The fraction of sp³-hybridized carbons (Fsp3) is 0.805. The monoisotopic (exact) mass is 1160 g/mol. The molecule has 83 heavy (non-hydrogen) atoms. The molecule has 0 fully saturated rings. The summed E-state index contributed by atoms with van der Waals surface area (Å²) in [6.45, 7) is 6.60. The van der Waals surface area contributed by atoms with Crippen LogP contribution in [0.2, 0.25) is 0 Å². The van der Waals surface area contributed by atoms with Crippen molar-refractivity contribution in [2.75, 3.05) is 13.2 Å². The molecule has 0 spiro atoms. The van der Waals surface area contributed by atoms with E-state index in [1.54, 1.807) is 0 Å². The van der Waals surface area contributed by atoms with Gasteiger partial charge in [0.15, 0.2) is 6.10 Å². The maximum Gasteiger partial charge on any atom is 0.306 e. The van der Waals surface area contributed by atoms with Crippen LogP contribution in [0, 0.1) is 0 Å². The van der Waals surface area contributed by atoms with Crippen molar-refractivity contribution in [2.45, 2.75) is 386 Å². The summed E-state index contributed by atoms with van der Waals surface area (Å²) >= 11 is 0. The van der Waals surface area contributed by atoms with Gasteiger partial charge in [0, 0.05) is 19.3 Å². The molecule has 0 rings (SSSR count). The average molecular weight is 1160 g/mol. The second-order valence-electron chi connectivity index (χ2n) is 24.5. The first kappa shape index (κ1) is 79.8. The predicted molar refractivity (Wildman–Crippen MR) is 362 cm³/mol. The summed E-state index contributed by atoms with van der Waals surface area (Å²) in [7, 11) is 0. The molecule has 0 aliphatic heterocycles. The minimum absolute atomic E-state index is 0.0770. The third-order valence-electron chi connectivity index (χ3n) is 16.1. The fourth-order valence-electron chi connectivity index (χ4n) is 10.7. The zero-order valence-corrected chi connectivity index (χ0v) is 55.5. The number of hydrogen-bond acceptors (Lipinski definition) is 6. The van der Waals surface area contributed by atoms with Crippen molar-refractivity contribution in [2.24, 2.45) is 0 Å². The highest BCUT2D eigenvalue weighted by Gasteiger charge is 2.19. The number of rotatable bonds is 67. The largest absolute Gasteiger partial charge is 0.462 e. The Balaban J connectivity index is 4.16. The molecular formula is C77H138O6. The molecule has 0 amide bonds. The lowest BCUT2D eigenvalue weighted by Crippen LogP contribution is -2.30. The van der Waals surface area contributed by atoms with E-state index in [1.165, 1.54) is 244 Å². The highest BCUT2D eigenvalue weighted by atomic mass is 16.6. The van der Waals surface area contributed by atoms with E-state index < -0.39 is 6.10 Å². The SMILES string of the molecule is CCC/C=C\C/C=C\CCCCCCCC(=O)OCC(COC(=O)CCCCCCCCCCCCCCCCCCCC/C=C\C/C=C\C/C=C\CCCCCCC)OC(=O)CCCCCCCCCCC/C=C\CCCCCCCC. The number of hydrogen-bond donors (Lipinski definition) is 0. The Morgan fingerprint density at radius 3 is 0.735 bits per heavy atom. The second-order valence-corrected chi connectivity index (χ2v) is 24.5. The van der Waals surface area contributed by atoms with Crippen molar-refractivity contribution in [3.8, 4) is 0 Å². The van der Waals surface area contributed by atoms with Crippen LogP contribution in [0.15, 0.2) is 72.9 Å². The third-order valence-corrected chi connectivity index (χ3v) is 16.1. The van der Waals surface area contributed by atoms with Crippen LogP contribution in [0.25, 0.3) is 0 Å². The molecule has 0 saturated carbocycles. The van der Waals surface area contributed by atoms with E-state index in [1.807, 2.05) is 0 Å². The summed E-state index contributed by atoms with van der Waals surface area (Å²) in [5, 5.41) is 0. The van der Waals surface area contributed by atoms with Gasteiger partial charge in [-0.25, -0.2) is 0 Å². The number of carbonyl (C=O) groups excluding carboxylic acids is 3. The molecule has 6 heteroatoms. The number of esters is 3. The van der Waals surface area contributed by atoms with Crippen molar-refractivity contribution in [3.63, 3.8) is 0 Å². The summed E-state index contributed by atoms with van der Waals surface area (Å²) in [6.07, 6.45) is 93.7. The summed E-state index contributed by atoms with van der Waals surface area (Å²) in [4.78, 5) is 38.4. The minimum atomic E-state index is -0.782. The molecule has 0 aromatic carbocycles. The van der Waals surface area contributed by atoms with E-state index in [9.17, 15) is 14.4 Å². The van der Waals surface area contributed by atoms with E-state index in [2.05, 4.69) is 93.7 Å². The molecule has 0 aromatic rings. The van der Waals surface area contributed by atoms with Gasteiger partial charge in [-0.15, -0.1) is 0 Å². The van der Waals surface area contributed by atoms with E-state index >= 15 is 0 Å². The maximum atomic E-state index is 12.9. The first-order valence-electron chi connectivity index (χ1n) is 36.4. The van der Waals surface area contributed by atoms with Gasteiger partial charge >= 0.3 is 17.9 Å². The topological polar surface area (TPSA) is 78.9 Å². The number of carbonyl (C=O) groups is 3. The molecule has 0 heterocycles. The van der Waals surface area contributed by atoms with Crippen LogP contribution in [0.4, 0.5) is 0 Å². The summed E-state index contributed by atoms with van der Waals surface area (Å²) in [5.74, 6) is -0.873. The molecule has 0 bridgehead atoms. The molecule has 0 aliphatic carbocycles. The first-order chi connectivity index (χ1) is 41.0. The third kappa shape index (κ3) is 69.5. The molecule has 1 unspecified atom stereocenters. The summed E-state index contributed by atoms with van der Waals surface area (Å²) < 4.78 is 17.0. The normalized spacial score (nSPS) is 12.5. The second kappa shape index (κ2) is 71.3. The Bertz CT molecular complexity index is 1520. The smallest absolute Gasteiger partial charge is 0.306 e. The standard InChI is InChI=1S/C77H138O6/c1-4-7-10-13-16-19-22-25-27-29-31-32-33-34-35-36-37-38-39-40-41-42-43-44-46-47-49-52-55-58-61-64-67-70-76(79)82-73-74(72-81-75(78)69-66-63-60-57-54-51-24-21-18-15-12-9-6-3)83-77(80)71-68-65-62-59-56-53-50-48-45-30-28-26-23-20-17-14-11-8-5-2/h12,15,21-22,24-26,28-29,31,33-34,74H,4-11,13-14,16-20,23,27,30,32,35-73H2,1-3H3/b15-12-,24-21-,25-22-,28-26-,31-29-,34-33-. The number of unbranched alkanes of at least 4 members (excludes halogenated alkanes) is 44. The van der Waals surface area contributed by atoms with Gasteiger partial charge in [0.2, 0.25) is 0 Å². The molecule has 0 radical (unpaired) electrons. The van der Waals surface area contributed by atoms with E-state index in [-0.39, 0.29) is 31.1 Å².